The summed E-state index contributed by atoms with van der Waals surface area (Å²) in [5.74, 6) is -0.111. The Labute approximate surface area is 99.6 Å². The summed E-state index contributed by atoms with van der Waals surface area (Å²) in [4.78, 5) is 13.7. The van der Waals surface area contributed by atoms with Crippen LogP contribution in [0, 0.1) is 0 Å². The Hall–Kier alpha value is -2.07. The lowest BCUT2D eigenvalue weighted by Crippen LogP contribution is -2.27. The van der Waals surface area contributed by atoms with Crippen LogP contribution >= 0.6 is 0 Å². The van der Waals surface area contributed by atoms with Crippen LogP contribution in [0.25, 0.3) is 0 Å². The van der Waals surface area contributed by atoms with Crippen molar-refractivity contribution in [2.75, 3.05) is 11.9 Å². The molecule has 0 fully saturated rings. The number of benzene rings is 1. The summed E-state index contributed by atoms with van der Waals surface area (Å²) in [7, 11) is 1.73. The maximum Gasteiger partial charge on any atom is 0.261 e. The number of amides is 1. The SMILES string of the molecule is CN(C(=O)c1ccoc1)c1ccccc1CN. The second-order valence-corrected chi connectivity index (χ2v) is 3.71. The molecular weight excluding hydrogens is 216 g/mol. The van der Waals surface area contributed by atoms with Crippen LogP contribution in [0.2, 0.25) is 0 Å². The molecular formula is C13H14N2O2. The fourth-order valence-corrected chi connectivity index (χ4v) is 1.70. The van der Waals surface area contributed by atoms with Crippen LogP contribution < -0.4 is 10.6 Å². The van der Waals surface area contributed by atoms with Crippen molar-refractivity contribution < 1.29 is 9.21 Å². The van der Waals surface area contributed by atoms with Gasteiger partial charge in [0.2, 0.25) is 0 Å². The van der Waals surface area contributed by atoms with Gasteiger partial charge < -0.3 is 15.1 Å². The number of para-hydroxylation sites is 1. The summed E-state index contributed by atoms with van der Waals surface area (Å²) in [6.45, 7) is 0.402. The first kappa shape index (κ1) is 11.4. The first-order chi connectivity index (χ1) is 8.24. The van der Waals surface area contributed by atoms with Gasteiger partial charge >= 0.3 is 0 Å². The third-order valence-electron chi connectivity index (χ3n) is 2.65. The van der Waals surface area contributed by atoms with Crippen LogP contribution in [0.15, 0.2) is 47.3 Å². The summed E-state index contributed by atoms with van der Waals surface area (Å²) < 4.78 is 4.91. The van der Waals surface area contributed by atoms with Gasteiger partial charge in [-0.15, -0.1) is 0 Å². The van der Waals surface area contributed by atoms with Crippen LogP contribution in [0.5, 0.6) is 0 Å². The monoisotopic (exact) mass is 230 g/mol. The Bertz CT molecular complexity index is 506. The minimum atomic E-state index is -0.111. The average Bonchev–Trinajstić information content (AvgIpc) is 2.90. The molecule has 4 nitrogen and oxygen atoms in total. The molecule has 0 unspecified atom stereocenters. The van der Waals surface area contributed by atoms with E-state index in [1.807, 2.05) is 24.3 Å². The van der Waals surface area contributed by atoms with Gasteiger partial charge in [0.25, 0.3) is 5.91 Å². The number of nitrogens with two attached hydrogens (primary N) is 1. The number of furan rings is 1. The minimum absolute atomic E-state index is 0.111. The Kier molecular flexibility index (Phi) is 3.25. The number of carbonyl (C=O) groups excluding carboxylic acids is 1. The number of anilines is 1. The van der Waals surface area contributed by atoms with E-state index in [1.165, 1.54) is 12.5 Å². The number of hydrogen-bond donors (Lipinski definition) is 1. The van der Waals surface area contributed by atoms with E-state index in [9.17, 15) is 4.79 Å². The Balaban J connectivity index is 2.31. The highest BCUT2D eigenvalue weighted by molar-refractivity contribution is 6.05. The van der Waals surface area contributed by atoms with Crippen molar-refractivity contribution in [3.05, 3.63) is 54.0 Å². The van der Waals surface area contributed by atoms with Crippen LogP contribution in [0.3, 0.4) is 0 Å². The van der Waals surface area contributed by atoms with Crippen molar-refractivity contribution in [2.45, 2.75) is 6.54 Å². The van der Waals surface area contributed by atoms with Gasteiger partial charge in [-0.05, 0) is 17.7 Å². The molecule has 0 atom stereocenters. The molecule has 17 heavy (non-hydrogen) atoms. The second-order valence-electron chi connectivity index (χ2n) is 3.71. The van der Waals surface area contributed by atoms with Gasteiger partial charge in [-0.1, -0.05) is 18.2 Å². The molecule has 4 heteroatoms. The Morgan fingerprint density at radius 3 is 2.76 bits per heavy atom. The van der Waals surface area contributed by atoms with Crippen molar-refractivity contribution in [3.8, 4) is 0 Å². The summed E-state index contributed by atoms with van der Waals surface area (Å²) in [5, 5.41) is 0. The molecule has 0 aliphatic heterocycles. The number of carbonyl (C=O) groups is 1. The van der Waals surface area contributed by atoms with Crippen LogP contribution in [-0.4, -0.2) is 13.0 Å². The summed E-state index contributed by atoms with van der Waals surface area (Å²) in [6, 6.07) is 9.22. The zero-order valence-electron chi connectivity index (χ0n) is 9.59. The summed E-state index contributed by atoms with van der Waals surface area (Å²) in [6.07, 6.45) is 2.92. The van der Waals surface area contributed by atoms with Crippen LogP contribution in [-0.2, 0) is 6.54 Å². The van der Waals surface area contributed by atoms with Gasteiger partial charge in [-0.25, -0.2) is 0 Å². The molecule has 0 saturated heterocycles. The van der Waals surface area contributed by atoms with Gasteiger partial charge in [0, 0.05) is 19.3 Å². The Morgan fingerprint density at radius 2 is 2.12 bits per heavy atom. The number of hydrogen-bond acceptors (Lipinski definition) is 3. The Morgan fingerprint density at radius 1 is 1.35 bits per heavy atom. The highest BCUT2D eigenvalue weighted by Crippen LogP contribution is 2.20. The third-order valence-corrected chi connectivity index (χ3v) is 2.65. The van der Waals surface area contributed by atoms with Crippen molar-refractivity contribution in [1.82, 2.24) is 0 Å². The van der Waals surface area contributed by atoms with Crippen molar-refractivity contribution in [2.24, 2.45) is 5.73 Å². The maximum absolute atomic E-state index is 12.1. The largest absolute Gasteiger partial charge is 0.472 e. The van der Waals surface area contributed by atoms with E-state index < -0.39 is 0 Å². The molecule has 2 N–H and O–H groups in total. The molecule has 1 amide bonds. The summed E-state index contributed by atoms with van der Waals surface area (Å²) in [5.41, 5.74) is 7.94. The fraction of sp³-hybridized carbons (Fsp3) is 0.154. The fourth-order valence-electron chi connectivity index (χ4n) is 1.70. The predicted molar refractivity (Wildman–Crippen MR) is 65.8 cm³/mol. The molecule has 0 bridgehead atoms. The zero-order valence-corrected chi connectivity index (χ0v) is 9.59. The topological polar surface area (TPSA) is 59.5 Å². The van der Waals surface area contributed by atoms with E-state index in [0.717, 1.165) is 11.3 Å². The molecule has 0 radical (unpaired) electrons. The molecule has 2 rings (SSSR count). The quantitative estimate of drug-likeness (QED) is 0.877. The highest BCUT2D eigenvalue weighted by Gasteiger charge is 2.16. The first-order valence-electron chi connectivity index (χ1n) is 5.32. The van der Waals surface area contributed by atoms with Crippen LogP contribution in [0.4, 0.5) is 5.69 Å². The molecule has 0 aliphatic rings. The standard InChI is InChI=1S/C13H14N2O2/c1-15(13(16)11-6-7-17-9-11)12-5-3-2-4-10(12)8-14/h2-7,9H,8,14H2,1H3. The zero-order chi connectivity index (χ0) is 12.3. The predicted octanol–water partition coefficient (Wildman–Crippen LogP) is 2.01. The van der Waals surface area contributed by atoms with E-state index in [4.69, 9.17) is 10.2 Å². The molecule has 1 heterocycles. The van der Waals surface area contributed by atoms with Gasteiger partial charge in [0.15, 0.2) is 0 Å². The van der Waals surface area contributed by atoms with E-state index in [1.54, 1.807) is 18.0 Å². The van der Waals surface area contributed by atoms with E-state index in [0.29, 0.717) is 12.1 Å². The maximum atomic E-state index is 12.1. The molecule has 0 aliphatic carbocycles. The normalized spacial score (nSPS) is 10.2. The highest BCUT2D eigenvalue weighted by atomic mass is 16.3. The molecule has 2 aromatic rings. The lowest BCUT2D eigenvalue weighted by atomic mass is 10.1. The van der Waals surface area contributed by atoms with Gasteiger partial charge in [-0.2, -0.15) is 0 Å². The van der Waals surface area contributed by atoms with Gasteiger partial charge in [0.1, 0.15) is 6.26 Å². The van der Waals surface area contributed by atoms with Gasteiger partial charge in [0.05, 0.1) is 11.8 Å². The second kappa shape index (κ2) is 4.84. The molecule has 88 valence electrons. The lowest BCUT2D eigenvalue weighted by Gasteiger charge is -2.19. The van der Waals surface area contributed by atoms with Crippen molar-refractivity contribution in [3.63, 3.8) is 0 Å². The molecule has 1 aromatic carbocycles. The molecule has 0 spiro atoms. The first-order valence-corrected chi connectivity index (χ1v) is 5.32. The smallest absolute Gasteiger partial charge is 0.261 e. The number of nitrogens with zero attached hydrogens (tertiary/aromatic N) is 1. The number of rotatable bonds is 3. The van der Waals surface area contributed by atoms with Crippen LogP contribution in [0.1, 0.15) is 15.9 Å². The summed E-state index contributed by atoms with van der Waals surface area (Å²) >= 11 is 0. The minimum Gasteiger partial charge on any atom is -0.472 e. The van der Waals surface area contributed by atoms with Crippen molar-refractivity contribution >= 4 is 11.6 Å². The van der Waals surface area contributed by atoms with Crippen molar-refractivity contribution in [1.29, 1.82) is 0 Å². The van der Waals surface area contributed by atoms with E-state index >= 15 is 0 Å². The third kappa shape index (κ3) is 2.21. The molecule has 1 aromatic heterocycles. The van der Waals surface area contributed by atoms with E-state index in [-0.39, 0.29) is 5.91 Å². The van der Waals surface area contributed by atoms with Gasteiger partial charge in [-0.3, -0.25) is 4.79 Å². The van der Waals surface area contributed by atoms with E-state index in [2.05, 4.69) is 0 Å². The average molecular weight is 230 g/mol. The molecule has 0 saturated carbocycles. The lowest BCUT2D eigenvalue weighted by molar-refractivity contribution is 0.0992.